The fraction of sp³-hybridized carbons (Fsp3) is 1.00. The van der Waals surface area contributed by atoms with Crippen molar-refractivity contribution < 1.29 is 0 Å². The second-order valence-corrected chi connectivity index (χ2v) is 4.72. The minimum absolute atomic E-state index is 1.14. The molecular formula is C11H26N2S. The van der Waals surface area contributed by atoms with Gasteiger partial charge in [-0.1, -0.05) is 20.8 Å². The number of thioether (sulfide) groups is 1. The summed E-state index contributed by atoms with van der Waals surface area (Å²) in [5, 5.41) is 3.49. The molecule has 0 bridgehead atoms. The van der Waals surface area contributed by atoms with Crippen molar-refractivity contribution in [2.24, 2.45) is 0 Å². The van der Waals surface area contributed by atoms with Crippen LogP contribution in [0.3, 0.4) is 0 Å². The van der Waals surface area contributed by atoms with Gasteiger partial charge < -0.3 is 10.2 Å². The summed E-state index contributed by atoms with van der Waals surface area (Å²) in [6, 6.07) is 0. The minimum atomic E-state index is 1.14. The summed E-state index contributed by atoms with van der Waals surface area (Å²) in [6.07, 6.45) is 1.30. The van der Waals surface area contributed by atoms with Gasteiger partial charge in [-0.25, -0.2) is 0 Å². The average molecular weight is 218 g/mol. The molecule has 0 saturated carbocycles. The van der Waals surface area contributed by atoms with E-state index in [4.69, 9.17) is 0 Å². The van der Waals surface area contributed by atoms with Crippen LogP contribution in [0, 0.1) is 0 Å². The minimum Gasteiger partial charge on any atom is -0.315 e. The van der Waals surface area contributed by atoms with E-state index >= 15 is 0 Å². The third-order valence-electron chi connectivity index (χ3n) is 2.35. The van der Waals surface area contributed by atoms with Crippen LogP contribution in [0.2, 0.25) is 0 Å². The maximum absolute atomic E-state index is 3.49. The van der Waals surface area contributed by atoms with E-state index in [-0.39, 0.29) is 0 Å². The smallest absolute Gasteiger partial charge is 0.0107 e. The van der Waals surface area contributed by atoms with Crippen molar-refractivity contribution in [3.63, 3.8) is 0 Å². The number of hydrogen-bond donors (Lipinski definition) is 1. The Balaban J connectivity index is 3.04. The van der Waals surface area contributed by atoms with Crippen molar-refractivity contribution in [1.82, 2.24) is 10.2 Å². The van der Waals surface area contributed by atoms with Crippen molar-refractivity contribution in [1.29, 1.82) is 0 Å². The van der Waals surface area contributed by atoms with Crippen LogP contribution in [0.15, 0.2) is 0 Å². The lowest BCUT2D eigenvalue weighted by atomic mass is 10.4. The molecule has 2 nitrogen and oxygen atoms in total. The van der Waals surface area contributed by atoms with E-state index in [1.165, 1.54) is 44.1 Å². The van der Waals surface area contributed by atoms with Gasteiger partial charge in [0.25, 0.3) is 0 Å². The first-order valence-electron chi connectivity index (χ1n) is 5.85. The molecular weight excluding hydrogens is 192 g/mol. The molecule has 0 unspecified atom stereocenters. The number of likely N-dealkylation sites (N-methyl/N-ethyl adjacent to an activating group) is 1. The maximum atomic E-state index is 3.49. The number of hydrogen-bond acceptors (Lipinski definition) is 3. The zero-order valence-electron chi connectivity index (χ0n) is 10.0. The van der Waals surface area contributed by atoms with Gasteiger partial charge >= 0.3 is 0 Å². The highest BCUT2D eigenvalue weighted by Crippen LogP contribution is 1.99. The largest absolute Gasteiger partial charge is 0.315 e. The Bertz CT molecular complexity index is 105. The molecule has 0 heterocycles. The first-order chi connectivity index (χ1) is 6.85. The zero-order valence-corrected chi connectivity index (χ0v) is 10.8. The molecule has 0 spiro atoms. The van der Waals surface area contributed by atoms with Crippen LogP contribution >= 0.6 is 11.8 Å². The molecule has 0 radical (unpaired) electrons. The van der Waals surface area contributed by atoms with E-state index in [2.05, 4.69) is 31.0 Å². The topological polar surface area (TPSA) is 15.3 Å². The monoisotopic (exact) mass is 218 g/mol. The Morgan fingerprint density at radius 1 is 1.07 bits per heavy atom. The first kappa shape index (κ1) is 14.3. The fourth-order valence-electron chi connectivity index (χ4n) is 1.35. The van der Waals surface area contributed by atoms with Gasteiger partial charge in [0.2, 0.25) is 0 Å². The third-order valence-corrected chi connectivity index (χ3v) is 3.33. The van der Waals surface area contributed by atoms with Gasteiger partial charge in [0.05, 0.1) is 0 Å². The van der Waals surface area contributed by atoms with Gasteiger partial charge in [0, 0.05) is 13.1 Å². The van der Waals surface area contributed by atoms with Crippen molar-refractivity contribution in [2.45, 2.75) is 27.2 Å². The van der Waals surface area contributed by atoms with E-state index in [1.54, 1.807) is 0 Å². The molecule has 0 atom stereocenters. The summed E-state index contributed by atoms with van der Waals surface area (Å²) in [6.45, 7) is 12.5. The molecule has 0 amide bonds. The fourth-order valence-corrected chi connectivity index (χ4v) is 1.98. The van der Waals surface area contributed by atoms with Crippen LogP contribution in [0.4, 0.5) is 0 Å². The summed E-state index contributed by atoms with van der Waals surface area (Å²) in [5.41, 5.74) is 0. The standard InChI is InChI=1S/C11H26N2S/c1-4-13(5-2)10-9-12-8-7-11-14-6-3/h12H,4-11H2,1-3H3. The van der Waals surface area contributed by atoms with Gasteiger partial charge in [-0.3, -0.25) is 0 Å². The van der Waals surface area contributed by atoms with E-state index in [1.807, 2.05) is 11.8 Å². The average Bonchev–Trinajstić information content (AvgIpc) is 2.22. The van der Waals surface area contributed by atoms with Crippen LogP contribution in [0.5, 0.6) is 0 Å². The molecule has 3 heteroatoms. The van der Waals surface area contributed by atoms with E-state index < -0.39 is 0 Å². The quantitative estimate of drug-likeness (QED) is 0.565. The molecule has 14 heavy (non-hydrogen) atoms. The van der Waals surface area contributed by atoms with Gasteiger partial charge in [-0.05, 0) is 37.6 Å². The molecule has 0 aliphatic carbocycles. The van der Waals surface area contributed by atoms with Gasteiger partial charge in [-0.2, -0.15) is 11.8 Å². The second-order valence-electron chi connectivity index (χ2n) is 3.33. The molecule has 86 valence electrons. The van der Waals surface area contributed by atoms with Crippen LogP contribution in [0.25, 0.3) is 0 Å². The summed E-state index contributed by atoms with van der Waals surface area (Å²) in [5.74, 6) is 2.55. The highest BCUT2D eigenvalue weighted by Gasteiger charge is 1.96. The molecule has 0 aromatic heterocycles. The Morgan fingerprint density at radius 2 is 1.79 bits per heavy atom. The predicted octanol–water partition coefficient (Wildman–Crippen LogP) is 2.06. The molecule has 0 aromatic rings. The van der Waals surface area contributed by atoms with Crippen LogP contribution in [0.1, 0.15) is 27.2 Å². The lowest BCUT2D eigenvalue weighted by molar-refractivity contribution is 0.302. The lowest BCUT2D eigenvalue weighted by Crippen LogP contribution is -2.32. The highest BCUT2D eigenvalue weighted by atomic mass is 32.2. The summed E-state index contributed by atoms with van der Waals surface area (Å²) < 4.78 is 0. The third kappa shape index (κ3) is 8.85. The van der Waals surface area contributed by atoms with E-state index in [0.717, 1.165) is 6.54 Å². The number of rotatable bonds is 10. The molecule has 0 fully saturated rings. The molecule has 0 saturated heterocycles. The molecule has 0 rings (SSSR count). The maximum Gasteiger partial charge on any atom is 0.0107 e. The van der Waals surface area contributed by atoms with Crippen molar-refractivity contribution >= 4 is 11.8 Å². The van der Waals surface area contributed by atoms with Crippen molar-refractivity contribution in [3.05, 3.63) is 0 Å². The molecule has 1 N–H and O–H groups in total. The van der Waals surface area contributed by atoms with Crippen LogP contribution in [-0.2, 0) is 0 Å². The van der Waals surface area contributed by atoms with Gasteiger partial charge in [0.15, 0.2) is 0 Å². The Kier molecular flexibility index (Phi) is 11.6. The summed E-state index contributed by atoms with van der Waals surface area (Å²) in [7, 11) is 0. The van der Waals surface area contributed by atoms with Crippen LogP contribution in [-0.4, -0.2) is 49.1 Å². The lowest BCUT2D eigenvalue weighted by Gasteiger charge is -2.17. The van der Waals surface area contributed by atoms with Crippen molar-refractivity contribution in [2.75, 3.05) is 44.2 Å². The van der Waals surface area contributed by atoms with Crippen molar-refractivity contribution in [3.8, 4) is 0 Å². The zero-order chi connectivity index (χ0) is 10.6. The Labute approximate surface area is 93.8 Å². The number of nitrogens with one attached hydrogen (secondary N) is 1. The molecule has 0 aliphatic rings. The first-order valence-corrected chi connectivity index (χ1v) is 7.01. The van der Waals surface area contributed by atoms with E-state index in [0.29, 0.717) is 0 Å². The number of nitrogens with zero attached hydrogens (tertiary/aromatic N) is 1. The molecule has 0 aromatic carbocycles. The SMILES string of the molecule is CCSCCCNCCN(CC)CC. The van der Waals surface area contributed by atoms with Gasteiger partial charge in [-0.15, -0.1) is 0 Å². The predicted molar refractivity (Wildman–Crippen MR) is 68.3 cm³/mol. The summed E-state index contributed by atoms with van der Waals surface area (Å²) in [4.78, 5) is 2.45. The van der Waals surface area contributed by atoms with E-state index in [9.17, 15) is 0 Å². The molecule has 0 aliphatic heterocycles. The second kappa shape index (κ2) is 11.3. The van der Waals surface area contributed by atoms with Crippen LogP contribution < -0.4 is 5.32 Å². The highest BCUT2D eigenvalue weighted by molar-refractivity contribution is 7.99. The normalized spacial score (nSPS) is 11.1. The Morgan fingerprint density at radius 3 is 2.36 bits per heavy atom. The Hall–Kier alpha value is 0.270. The van der Waals surface area contributed by atoms with Gasteiger partial charge in [0.1, 0.15) is 0 Å². The summed E-state index contributed by atoms with van der Waals surface area (Å²) >= 11 is 2.03.